The van der Waals surface area contributed by atoms with Gasteiger partial charge in [0.1, 0.15) is 11.3 Å². The second-order valence-electron chi connectivity index (χ2n) is 5.15. The molecular weight excluding hydrogens is 302 g/mol. The molecule has 22 heavy (non-hydrogen) atoms. The van der Waals surface area contributed by atoms with Crippen LogP contribution >= 0.6 is 11.3 Å². The molecule has 2 aromatic rings. The van der Waals surface area contributed by atoms with Crippen molar-refractivity contribution < 1.29 is 19.4 Å². The van der Waals surface area contributed by atoms with E-state index < -0.39 is 5.97 Å². The predicted molar refractivity (Wildman–Crippen MR) is 84.2 cm³/mol. The number of carboxylic acid groups (broad SMARTS) is 1. The molecule has 1 aliphatic carbocycles. The van der Waals surface area contributed by atoms with Crippen molar-refractivity contribution in [1.82, 2.24) is 0 Å². The van der Waals surface area contributed by atoms with Crippen molar-refractivity contribution in [3.63, 3.8) is 0 Å². The zero-order valence-electron chi connectivity index (χ0n) is 12.0. The van der Waals surface area contributed by atoms with Gasteiger partial charge in [0.25, 0.3) is 5.91 Å². The molecule has 1 saturated carbocycles. The molecule has 1 heterocycles. The van der Waals surface area contributed by atoms with Crippen LogP contribution in [0.1, 0.15) is 44.4 Å². The Morgan fingerprint density at radius 2 is 2.09 bits per heavy atom. The first-order valence-corrected chi connectivity index (χ1v) is 7.78. The number of carboxylic acids is 1. The number of rotatable bonds is 5. The van der Waals surface area contributed by atoms with Crippen molar-refractivity contribution in [2.75, 3.05) is 12.4 Å². The van der Waals surface area contributed by atoms with Crippen LogP contribution in [-0.2, 0) is 0 Å². The second kappa shape index (κ2) is 5.81. The highest BCUT2D eigenvalue weighted by atomic mass is 32.1. The Kier molecular flexibility index (Phi) is 3.85. The maximum absolute atomic E-state index is 12.4. The van der Waals surface area contributed by atoms with Gasteiger partial charge in [0.05, 0.1) is 12.0 Å². The van der Waals surface area contributed by atoms with Crippen LogP contribution in [0.15, 0.2) is 29.6 Å². The topological polar surface area (TPSA) is 75.6 Å². The van der Waals surface area contributed by atoms with E-state index in [0.717, 1.165) is 23.3 Å². The van der Waals surface area contributed by atoms with Crippen molar-refractivity contribution in [2.24, 2.45) is 0 Å². The molecule has 3 rings (SSSR count). The predicted octanol–water partition coefficient (Wildman–Crippen LogP) is 3.58. The fraction of sp³-hybridized carbons (Fsp3) is 0.250. The number of hydrogen-bond acceptors (Lipinski definition) is 4. The van der Waals surface area contributed by atoms with E-state index in [1.165, 1.54) is 30.6 Å². The van der Waals surface area contributed by atoms with Gasteiger partial charge < -0.3 is 15.2 Å². The first kappa shape index (κ1) is 14.6. The first-order chi connectivity index (χ1) is 10.6. The molecule has 0 unspecified atom stereocenters. The summed E-state index contributed by atoms with van der Waals surface area (Å²) in [7, 11) is 1.40. The van der Waals surface area contributed by atoms with E-state index in [4.69, 9.17) is 9.84 Å². The third-order valence-corrected chi connectivity index (χ3v) is 4.54. The van der Waals surface area contributed by atoms with Crippen LogP contribution in [0.3, 0.4) is 0 Å². The Bertz CT molecular complexity index is 733. The molecule has 0 saturated heterocycles. The molecule has 1 fully saturated rings. The van der Waals surface area contributed by atoms with Gasteiger partial charge in [-0.05, 0) is 47.9 Å². The standard InChI is InChI=1S/C16H15NO4S/c1-21-13-8-10(4-5-12(13)16(19)20)17-15(18)14-11(6-7-22-14)9-2-3-9/h4-9H,2-3H2,1H3,(H,17,18)(H,19,20). The van der Waals surface area contributed by atoms with Gasteiger partial charge in [-0.15, -0.1) is 11.3 Å². The average molecular weight is 317 g/mol. The number of hydrogen-bond donors (Lipinski definition) is 2. The Balaban J connectivity index is 1.82. The summed E-state index contributed by atoms with van der Waals surface area (Å²) in [4.78, 5) is 24.2. The van der Waals surface area contributed by atoms with E-state index in [2.05, 4.69) is 5.32 Å². The quantitative estimate of drug-likeness (QED) is 0.883. The summed E-state index contributed by atoms with van der Waals surface area (Å²) >= 11 is 1.43. The van der Waals surface area contributed by atoms with Crippen molar-refractivity contribution in [2.45, 2.75) is 18.8 Å². The Labute approximate surface area is 131 Å². The minimum Gasteiger partial charge on any atom is -0.496 e. The number of thiophene rings is 1. The van der Waals surface area contributed by atoms with Crippen LogP contribution in [0.2, 0.25) is 0 Å². The van der Waals surface area contributed by atoms with Gasteiger partial charge in [0, 0.05) is 11.8 Å². The lowest BCUT2D eigenvalue weighted by atomic mass is 10.1. The van der Waals surface area contributed by atoms with E-state index in [1.807, 2.05) is 11.4 Å². The molecule has 1 aromatic carbocycles. The van der Waals surface area contributed by atoms with Crippen LogP contribution in [0.25, 0.3) is 0 Å². The molecular formula is C16H15NO4S. The van der Waals surface area contributed by atoms with E-state index in [9.17, 15) is 9.59 Å². The number of ether oxygens (including phenoxy) is 1. The lowest BCUT2D eigenvalue weighted by Crippen LogP contribution is -2.12. The van der Waals surface area contributed by atoms with Crippen molar-refractivity contribution in [1.29, 1.82) is 0 Å². The average Bonchev–Trinajstić information content (AvgIpc) is 3.23. The molecule has 1 aliphatic rings. The van der Waals surface area contributed by atoms with Gasteiger partial charge >= 0.3 is 5.97 Å². The Morgan fingerprint density at radius 3 is 2.73 bits per heavy atom. The molecule has 1 amide bonds. The monoisotopic (exact) mass is 317 g/mol. The maximum atomic E-state index is 12.4. The highest BCUT2D eigenvalue weighted by molar-refractivity contribution is 7.12. The summed E-state index contributed by atoms with van der Waals surface area (Å²) in [5.74, 6) is -0.499. The maximum Gasteiger partial charge on any atom is 0.339 e. The summed E-state index contributed by atoms with van der Waals surface area (Å²) in [5.41, 5.74) is 1.69. The largest absolute Gasteiger partial charge is 0.496 e. The zero-order chi connectivity index (χ0) is 15.7. The number of carbonyl (C=O) groups excluding carboxylic acids is 1. The molecule has 0 aliphatic heterocycles. The van der Waals surface area contributed by atoms with Gasteiger partial charge in [0.15, 0.2) is 0 Å². The van der Waals surface area contributed by atoms with Gasteiger partial charge in [0.2, 0.25) is 0 Å². The summed E-state index contributed by atoms with van der Waals surface area (Å²) in [6.07, 6.45) is 2.27. The molecule has 2 N–H and O–H groups in total. The third-order valence-electron chi connectivity index (χ3n) is 3.61. The zero-order valence-corrected chi connectivity index (χ0v) is 12.8. The molecule has 0 radical (unpaired) electrons. The third kappa shape index (κ3) is 2.82. The molecule has 6 heteroatoms. The number of amides is 1. The number of carbonyl (C=O) groups is 2. The smallest absolute Gasteiger partial charge is 0.339 e. The fourth-order valence-corrected chi connectivity index (χ4v) is 3.23. The van der Waals surface area contributed by atoms with E-state index in [0.29, 0.717) is 11.6 Å². The highest BCUT2D eigenvalue weighted by Gasteiger charge is 2.29. The van der Waals surface area contributed by atoms with Crippen LogP contribution in [0.5, 0.6) is 5.75 Å². The SMILES string of the molecule is COc1cc(NC(=O)c2sccc2C2CC2)ccc1C(=O)O. The van der Waals surface area contributed by atoms with Crippen molar-refractivity contribution in [3.8, 4) is 5.75 Å². The normalized spacial score (nSPS) is 13.7. The van der Waals surface area contributed by atoms with Gasteiger partial charge in [-0.2, -0.15) is 0 Å². The molecule has 114 valence electrons. The summed E-state index contributed by atoms with van der Waals surface area (Å²) in [5, 5.41) is 13.8. The van der Waals surface area contributed by atoms with Crippen LogP contribution in [0, 0.1) is 0 Å². The fourth-order valence-electron chi connectivity index (χ4n) is 2.35. The minimum absolute atomic E-state index is 0.0651. The van der Waals surface area contributed by atoms with E-state index in [-0.39, 0.29) is 17.2 Å². The van der Waals surface area contributed by atoms with Gasteiger partial charge in [-0.3, -0.25) is 4.79 Å². The lowest BCUT2D eigenvalue weighted by molar-refractivity contribution is 0.0693. The van der Waals surface area contributed by atoms with Crippen molar-refractivity contribution >= 4 is 28.9 Å². The Hall–Kier alpha value is -2.34. The van der Waals surface area contributed by atoms with Gasteiger partial charge in [-0.1, -0.05) is 0 Å². The number of methoxy groups -OCH3 is 1. The summed E-state index contributed by atoms with van der Waals surface area (Å²) < 4.78 is 5.06. The Morgan fingerprint density at radius 1 is 1.32 bits per heavy atom. The van der Waals surface area contributed by atoms with E-state index in [1.54, 1.807) is 6.07 Å². The van der Waals surface area contributed by atoms with Crippen LogP contribution in [-0.4, -0.2) is 24.1 Å². The van der Waals surface area contributed by atoms with E-state index >= 15 is 0 Å². The second-order valence-corrected chi connectivity index (χ2v) is 6.07. The van der Waals surface area contributed by atoms with Crippen molar-refractivity contribution in [3.05, 3.63) is 45.6 Å². The first-order valence-electron chi connectivity index (χ1n) is 6.90. The molecule has 0 atom stereocenters. The van der Waals surface area contributed by atoms with Gasteiger partial charge in [-0.25, -0.2) is 4.79 Å². The minimum atomic E-state index is -1.07. The molecule has 0 spiro atoms. The molecule has 5 nitrogen and oxygen atoms in total. The number of anilines is 1. The van der Waals surface area contributed by atoms with Crippen LogP contribution < -0.4 is 10.1 Å². The molecule has 0 bridgehead atoms. The molecule has 1 aromatic heterocycles. The number of aromatic carboxylic acids is 1. The lowest BCUT2D eigenvalue weighted by Gasteiger charge is -2.09. The summed E-state index contributed by atoms with van der Waals surface area (Å²) in [6, 6.07) is 6.51. The number of nitrogens with one attached hydrogen (secondary N) is 1. The van der Waals surface area contributed by atoms with Crippen LogP contribution in [0.4, 0.5) is 5.69 Å². The summed E-state index contributed by atoms with van der Waals surface area (Å²) in [6.45, 7) is 0. The highest BCUT2D eigenvalue weighted by Crippen LogP contribution is 2.43. The number of benzene rings is 1.